The van der Waals surface area contributed by atoms with Crippen LogP contribution in [0.5, 0.6) is 0 Å². The minimum absolute atomic E-state index is 0.356. The summed E-state index contributed by atoms with van der Waals surface area (Å²) in [4.78, 5) is 11.1. The molecule has 22 heavy (non-hydrogen) atoms. The van der Waals surface area contributed by atoms with Crippen molar-refractivity contribution in [3.05, 3.63) is 6.07 Å². The van der Waals surface area contributed by atoms with Crippen molar-refractivity contribution in [3.8, 4) is 0 Å². The smallest absolute Gasteiger partial charge is 0.223 e. The van der Waals surface area contributed by atoms with Gasteiger partial charge in [-0.1, -0.05) is 13.8 Å². The molecule has 0 aliphatic carbocycles. The first-order valence-electron chi connectivity index (χ1n) is 8.40. The second-order valence-electron chi connectivity index (χ2n) is 7.17. The largest absolute Gasteiger partial charge is 0.370 e. The fourth-order valence-electron chi connectivity index (χ4n) is 3.51. The average Bonchev–Trinajstić information content (AvgIpc) is 2.89. The third-order valence-electron chi connectivity index (χ3n) is 4.85. The zero-order valence-corrected chi connectivity index (χ0v) is 13.7. The lowest BCUT2D eigenvalue weighted by Crippen LogP contribution is -2.38. The van der Waals surface area contributed by atoms with Gasteiger partial charge in [-0.15, -0.1) is 0 Å². The molecular formula is C16H28N6. The van der Waals surface area contributed by atoms with Crippen LogP contribution in [0.1, 0.15) is 33.1 Å². The maximum absolute atomic E-state index is 5.90. The number of hydrogen-bond donors (Lipinski definition) is 3. The number of anilines is 3. The van der Waals surface area contributed by atoms with Crippen molar-refractivity contribution in [3.63, 3.8) is 0 Å². The standard InChI is InChI=1S/C16H28N6/c1-12(2)10-19-13-9-14(21-15(17)20-13)22-8-5-16(11-22)3-6-18-7-4-16/h9,12,18H,3-8,10-11H2,1-2H3,(H3,17,19,20,21). The quantitative estimate of drug-likeness (QED) is 0.786. The summed E-state index contributed by atoms with van der Waals surface area (Å²) in [6, 6.07) is 2.04. The van der Waals surface area contributed by atoms with Crippen LogP contribution in [-0.4, -0.2) is 42.7 Å². The van der Waals surface area contributed by atoms with E-state index in [-0.39, 0.29) is 0 Å². The maximum Gasteiger partial charge on any atom is 0.223 e. The van der Waals surface area contributed by atoms with Crippen LogP contribution in [0.2, 0.25) is 0 Å². The molecule has 0 aromatic carbocycles. The Balaban J connectivity index is 1.71. The van der Waals surface area contributed by atoms with E-state index in [4.69, 9.17) is 5.73 Å². The van der Waals surface area contributed by atoms with Crippen LogP contribution >= 0.6 is 0 Å². The molecular weight excluding hydrogens is 276 g/mol. The molecule has 0 unspecified atom stereocenters. The van der Waals surface area contributed by atoms with E-state index in [1.165, 1.54) is 19.3 Å². The highest BCUT2D eigenvalue weighted by atomic mass is 15.2. The highest BCUT2D eigenvalue weighted by Crippen LogP contribution is 2.40. The number of aromatic nitrogens is 2. The van der Waals surface area contributed by atoms with E-state index in [0.29, 0.717) is 17.3 Å². The third-order valence-corrected chi connectivity index (χ3v) is 4.85. The Kier molecular flexibility index (Phi) is 4.38. The van der Waals surface area contributed by atoms with Crippen molar-refractivity contribution in [2.45, 2.75) is 33.1 Å². The molecule has 0 atom stereocenters. The Hall–Kier alpha value is -1.56. The van der Waals surface area contributed by atoms with Crippen molar-refractivity contribution >= 4 is 17.6 Å². The van der Waals surface area contributed by atoms with Gasteiger partial charge in [0.25, 0.3) is 0 Å². The summed E-state index contributed by atoms with van der Waals surface area (Å²) in [5.74, 6) is 2.73. The van der Waals surface area contributed by atoms with Gasteiger partial charge in [-0.3, -0.25) is 0 Å². The van der Waals surface area contributed by atoms with Crippen molar-refractivity contribution in [2.75, 3.05) is 48.7 Å². The average molecular weight is 304 g/mol. The van der Waals surface area contributed by atoms with Crippen LogP contribution in [0.15, 0.2) is 6.07 Å². The molecule has 6 nitrogen and oxygen atoms in total. The summed E-state index contributed by atoms with van der Waals surface area (Å²) in [6.07, 6.45) is 3.79. The van der Waals surface area contributed by atoms with Crippen molar-refractivity contribution in [1.82, 2.24) is 15.3 Å². The van der Waals surface area contributed by atoms with Crippen LogP contribution in [-0.2, 0) is 0 Å². The summed E-state index contributed by atoms with van der Waals surface area (Å²) in [6.45, 7) is 9.70. The fraction of sp³-hybridized carbons (Fsp3) is 0.750. The van der Waals surface area contributed by atoms with Gasteiger partial charge in [0.05, 0.1) is 0 Å². The lowest BCUT2D eigenvalue weighted by molar-refractivity contribution is 0.232. The number of nitrogen functional groups attached to an aromatic ring is 1. The maximum atomic E-state index is 5.90. The Labute approximate surface area is 132 Å². The van der Waals surface area contributed by atoms with Crippen LogP contribution in [0, 0.1) is 11.3 Å². The lowest BCUT2D eigenvalue weighted by atomic mass is 9.78. The van der Waals surface area contributed by atoms with Crippen LogP contribution < -0.4 is 21.3 Å². The van der Waals surface area contributed by atoms with Gasteiger partial charge in [-0.2, -0.15) is 9.97 Å². The minimum atomic E-state index is 0.356. The Bertz CT molecular complexity index is 509. The molecule has 1 aromatic heterocycles. The number of rotatable bonds is 4. The van der Waals surface area contributed by atoms with E-state index in [1.54, 1.807) is 0 Å². The van der Waals surface area contributed by atoms with Gasteiger partial charge in [0.15, 0.2) is 0 Å². The summed E-state index contributed by atoms with van der Waals surface area (Å²) in [7, 11) is 0. The molecule has 2 fully saturated rings. The molecule has 0 radical (unpaired) electrons. The molecule has 2 saturated heterocycles. The molecule has 3 heterocycles. The Morgan fingerprint density at radius 2 is 2.09 bits per heavy atom. The lowest BCUT2D eigenvalue weighted by Gasteiger charge is -2.33. The zero-order chi connectivity index (χ0) is 15.6. The molecule has 2 aliphatic rings. The van der Waals surface area contributed by atoms with E-state index in [0.717, 1.165) is 44.4 Å². The fourth-order valence-corrected chi connectivity index (χ4v) is 3.51. The molecule has 0 saturated carbocycles. The van der Waals surface area contributed by atoms with Gasteiger partial charge in [0, 0.05) is 25.7 Å². The second kappa shape index (κ2) is 6.28. The predicted octanol–water partition coefficient (Wildman–Crippen LogP) is 1.71. The first kappa shape index (κ1) is 15.3. The molecule has 3 rings (SSSR count). The molecule has 6 heteroatoms. The zero-order valence-electron chi connectivity index (χ0n) is 13.7. The number of hydrogen-bond acceptors (Lipinski definition) is 6. The van der Waals surface area contributed by atoms with E-state index >= 15 is 0 Å². The summed E-state index contributed by atoms with van der Waals surface area (Å²) in [5, 5.41) is 6.81. The molecule has 1 aromatic rings. The molecule has 1 spiro atoms. The number of nitrogens with zero attached hydrogens (tertiary/aromatic N) is 3. The molecule has 0 bridgehead atoms. The van der Waals surface area contributed by atoms with Crippen LogP contribution in [0.4, 0.5) is 17.6 Å². The van der Waals surface area contributed by atoms with Crippen molar-refractivity contribution in [2.24, 2.45) is 11.3 Å². The molecule has 2 aliphatic heterocycles. The van der Waals surface area contributed by atoms with Crippen molar-refractivity contribution in [1.29, 1.82) is 0 Å². The summed E-state index contributed by atoms with van der Waals surface area (Å²) >= 11 is 0. The highest BCUT2D eigenvalue weighted by molar-refractivity contribution is 5.53. The predicted molar refractivity (Wildman–Crippen MR) is 91.1 cm³/mol. The van der Waals surface area contributed by atoms with Crippen LogP contribution in [0.3, 0.4) is 0 Å². The van der Waals surface area contributed by atoms with Gasteiger partial charge in [-0.05, 0) is 43.7 Å². The third kappa shape index (κ3) is 3.43. The summed E-state index contributed by atoms with van der Waals surface area (Å²) in [5.41, 5.74) is 6.37. The van der Waals surface area contributed by atoms with E-state index in [9.17, 15) is 0 Å². The van der Waals surface area contributed by atoms with Gasteiger partial charge >= 0.3 is 0 Å². The molecule has 0 amide bonds. The number of piperidine rings is 1. The minimum Gasteiger partial charge on any atom is -0.370 e. The van der Waals surface area contributed by atoms with E-state index in [2.05, 4.69) is 39.3 Å². The van der Waals surface area contributed by atoms with Gasteiger partial charge in [0.1, 0.15) is 11.6 Å². The second-order valence-corrected chi connectivity index (χ2v) is 7.17. The SMILES string of the molecule is CC(C)CNc1cc(N2CCC3(CCNCC3)C2)nc(N)n1. The van der Waals surface area contributed by atoms with Gasteiger partial charge in [-0.25, -0.2) is 0 Å². The van der Waals surface area contributed by atoms with Crippen LogP contribution in [0.25, 0.3) is 0 Å². The topological polar surface area (TPSA) is 79.1 Å². The normalized spacial score (nSPS) is 20.8. The Morgan fingerprint density at radius 1 is 1.32 bits per heavy atom. The molecule has 122 valence electrons. The first-order chi connectivity index (χ1) is 10.6. The van der Waals surface area contributed by atoms with E-state index in [1.807, 2.05) is 6.07 Å². The highest BCUT2D eigenvalue weighted by Gasteiger charge is 2.39. The monoisotopic (exact) mass is 304 g/mol. The van der Waals surface area contributed by atoms with E-state index < -0.39 is 0 Å². The Morgan fingerprint density at radius 3 is 2.82 bits per heavy atom. The number of nitrogens with one attached hydrogen (secondary N) is 2. The molecule has 4 N–H and O–H groups in total. The van der Waals surface area contributed by atoms with Gasteiger partial charge < -0.3 is 21.3 Å². The van der Waals surface area contributed by atoms with Crippen molar-refractivity contribution < 1.29 is 0 Å². The summed E-state index contributed by atoms with van der Waals surface area (Å²) < 4.78 is 0. The first-order valence-corrected chi connectivity index (χ1v) is 8.40. The number of nitrogens with two attached hydrogens (primary N) is 1. The van der Waals surface area contributed by atoms with Gasteiger partial charge in [0.2, 0.25) is 5.95 Å².